The number of amides is 1. The Bertz CT molecular complexity index is 1850. The largest absolute Gasteiger partial charge is 0.364 e. The highest BCUT2D eigenvalue weighted by Gasteiger charge is 2.14. The molecular formula is C32H29F3N7OP. The lowest BCUT2D eigenvalue weighted by Gasteiger charge is -2.12. The van der Waals surface area contributed by atoms with E-state index < -0.39 is 17.5 Å². The maximum absolute atomic E-state index is 13.5. The van der Waals surface area contributed by atoms with E-state index in [1.807, 2.05) is 24.4 Å². The summed E-state index contributed by atoms with van der Waals surface area (Å²) in [6.07, 6.45) is 9.85. The Morgan fingerprint density at radius 2 is 1.86 bits per heavy atom. The lowest BCUT2D eigenvalue weighted by atomic mass is 10.0. The third-order valence-electron chi connectivity index (χ3n) is 6.18. The number of anilines is 1. The maximum atomic E-state index is 13.5. The normalized spacial score (nSPS) is 11.0. The second-order valence-electron chi connectivity index (χ2n) is 9.51. The average Bonchev–Trinajstić information content (AvgIpc) is 3.44. The van der Waals surface area contributed by atoms with Crippen molar-refractivity contribution >= 4 is 43.5 Å². The number of carbonyl (C=O) groups excluding carboxylic acids is 1. The number of nitrogens with zero attached hydrogens (tertiary/aromatic N) is 3. The van der Waals surface area contributed by atoms with E-state index in [1.165, 1.54) is 19.2 Å². The number of fused-ring (bicyclic) bond motifs is 1. The van der Waals surface area contributed by atoms with Gasteiger partial charge in [-0.25, -0.2) is 23.1 Å². The van der Waals surface area contributed by atoms with Gasteiger partial charge in [0.05, 0.1) is 23.6 Å². The third kappa shape index (κ3) is 8.23. The number of benzene rings is 1. The molecule has 224 valence electrons. The molecular weight excluding hydrogens is 586 g/mol. The highest BCUT2D eigenvalue weighted by molar-refractivity contribution is 7.31. The van der Waals surface area contributed by atoms with E-state index >= 15 is 0 Å². The van der Waals surface area contributed by atoms with Crippen LogP contribution in [0.2, 0.25) is 0 Å². The van der Waals surface area contributed by atoms with Crippen LogP contribution in [0.15, 0.2) is 91.8 Å². The number of allylic oxidation sites excluding steroid dienone is 2. The number of rotatable bonds is 9. The minimum atomic E-state index is -0.969. The van der Waals surface area contributed by atoms with Gasteiger partial charge in [-0.1, -0.05) is 12.6 Å². The van der Waals surface area contributed by atoms with Crippen molar-refractivity contribution in [1.82, 2.24) is 25.3 Å². The van der Waals surface area contributed by atoms with E-state index in [0.29, 0.717) is 23.5 Å². The van der Waals surface area contributed by atoms with E-state index in [1.54, 1.807) is 36.8 Å². The molecule has 1 atom stereocenters. The van der Waals surface area contributed by atoms with Gasteiger partial charge < -0.3 is 21.0 Å². The van der Waals surface area contributed by atoms with Crippen LogP contribution in [-0.4, -0.2) is 32.1 Å². The molecule has 0 saturated carbocycles. The van der Waals surface area contributed by atoms with Crippen LogP contribution < -0.4 is 10.6 Å². The van der Waals surface area contributed by atoms with E-state index in [0.717, 1.165) is 50.9 Å². The molecule has 5 rings (SSSR count). The van der Waals surface area contributed by atoms with Gasteiger partial charge in [0.25, 0.3) is 5.91 Å². The van der Waals surface area contributed by atoms with Crippen molar-refractivity contribution in [3.8, 4) is 11.1 Å². The van der Waals surface area contributed by atoms with Crippen molar-refractivity contribution in [2.45, 2.75) is 20.0 Å². The minimum Gasteiger partial charge on any atom is -0.364 e. The molecule has 0 radical (unpaired) electrons. The van der Waals surface area contributed by atoms with Crippen LogP contribution >= 0.6 is 9.24 Å². The van der Waals surface area contributed by atoms with E-state index in [4.69, 9.17) is 5.41 Å². The molecule has 0 aliphatic carbocycles. The number of aromatic amines is 1. The van der Waals surface area contributed by atoms with Crippen molar-refractivity contribution in [3.63, 3.8) is 0 Å². The first-order valence-electron chi connectivity index (χ1n) is 13.3. The number of pyridine rings is 3. The Hall–Kier alpha value is -5.15. The van der Waals surface area contributed by atoms with Crippen molar-refractivity contribution in [3.05, 3.63) is 126 Å². The molecule has 4 N–H and O–H groups in total. The fraction of sp³-hybridized carbons (Fsp3) is 0.0938. The van der Waals surface area contributed by atoms with Gasteiger partial charge in [0.2, 0.25) is 0 Å². The highest BCUT2D eigenvalue weighted by Crippen LogP contribution is 2.31. The summed E-state index contributed by atoms with van der Waals surface area (Å²) in [5.41, 5.74) is 5.00. The second kappa shape index (κ2) is 14.8. The van der Waals surface area contributed by atoms with Crippen LogP contribution in [0.3, 0.4) is 0 Å². The monoisotopic (exact) mass is 615 g/mol. The number of hydrogen-bond acceptors (Lipinski definition) is 6. The first-order chi connectivity index (χ1) is 21.2. The molecule has 0 fully saturated rings. The van der Waals surface area contributed by atoms with Gasteiger partial charge in [-0.15, -0.1) is 9.24 Å². The Kier molecular flexibility index (Phi) is 10.7. The van der Waals surface area contributed by atoms with E-state index in [2.05, 4.69) is 46.4 Å². The summed E-state index contributed by atoms with van der Waals surface area (Å²) in [6, 6.07) is 12.6. The molecule has 1 aromatic carbocycles. The molecule has 44 heavy (non-hydrogen) atoms. The fourth-order valence-electron chi connectivity index (χ4n) is 4.16. The van der Waals surface area contributed by atoms with Gasteiger partial charge >= 0.3 is 0 Å². The SMILES string of the molecule is C=C(C)F.N=C/C=C(\P)c1cnc2[nH]cc(-c3ccnc(CNc4ncccc4C(=O)NCc4ccc(F)c(F)c4)c3)c2c1. The molecule has 0 saturated heterocycles. The topological polar surface area (TPSA) is 119 Å². The minimum absolute atomic E-state index is 0.0323. The van der Waals surface area contributed by atoms with E-state index in [9.17, 15) is 18.0 Å². The van der Waals surface area contributed by atoms with Gasteiger partial charge in [-0.2, -0.15) is 0 Å². The highest BCUT2D eigenvalue weighted by atomic mass is 31.0. The van der Waals surface area contributed by atoms with Crippen LogP contribution in [0.1, 0.15) is 34.1 Å². The predicted octanol–water partition coefficient (Wildman–Crippen LogP) is 7.20. The van der Waals surface area contributed by atoms with Crippen LogP contribution in [0.25, 0.3) is 27.5 Å². The van der Waals surface area contributed by atoms with E-state index in [-0.39, 0.29) is 12.4 Å². The number of aromatic nitrogens is 4. The zero-order chi connectivity index (χ0) is 31.6. The summed E-state index contributed by atoms with van der Waals surface area (Å²) >= 11 is 0. The first kappa shape index (κ1) is 31.8. The Labute approximate surface area is 254 Å². The molecule has 1 amide bonds. The molecule has 0 bridgehead atoms. The standard InChI is InChI=1S/C29H24F2N7OP.C3H5F/c30-24-4-3-17(10-25(24)31)13-38-29(39)21-2-1-8-34-27(21)36-15-20-11-18(6-9-33-20)23-16-37-28-22(23)12-19(14-35-28)26(40)5-7-32;1-3(2)4/h1-12,14,16,32H,13,15,40H2,(H,34,36)(H,35,37)(H,38,39);1H2,2H3/b26-5-,32-7?;. The van der Waals surface area contributed by atoms with Crippen molar-refractivity contribution in [2.75, 3.05) is 5.32 Å². The smallest absolute Gasteiger partial charge is 0.255 e. The molecule has 0 aliphatic heterocycles. The van der Waals surface area contributed by atoms with Crippen molar-refractivity contribution < 1.29 is 18.0 Å². The van der Waals surface area contributed by atoms with Gasteiger partial charge in [0, 0.05) is 54.1 Å². The van der Waals surface area contributed by atoms with Gasteiger partial charge in [-0.05, 0) is 71.9 Å². The lowest BCUT2D eigenvalue weighted by molar-refractivity contribution is 0.0951. The van der Waals surface area contributed by atoms with Crippen LogP contribution in [0.5, 0.6) is 0 Å². The first-order valence-corrected chi connectivity index (χ1v) is 13.8. The maximum Gasteiger partial charge on any atom is 0.255 e. The Balaban J connectivity index is 0.00000104. The van der Waals surface area contributed by atoms with Gasteiger partial charge in [-0.3, -0.25) is 9.78 Å². The zero-order valence-electron chi connectivity index (χ0n) is 23.7. The molecule has 4 aromatic heterocycles. The molecule has 5 aromatic rings. The average molecular weight is 616 g/mol. The number of hydrogen-bond donors (Lipinski definition) is 4. The van der Waals surface area contributed by atoms with Crippen LogP contribution in [-0.2, 0) is 13.1 Å². The molecule has 0 aliphatic rings. The summed E-state index contributed by atoms with van der Waals surface area (Å²) in [6.45, 7) is 4.53. The summed E-state index contributed by atoms with van der Waals surface area (Å²) < 4.78 is 37.5. The molecule has 1 unspecified atom stereocenters. The van der Waals surface area contributed by atoms with Crippen LogP contribution in [0.4, 0.5) is 19.0 Å². The number of halogens is 3. The summed E-state index contributed by atoms with van der Waals surface area (Å²) in [5.74, 6) is -2.29. The van der Waals surface area contributed by atoms with Crippen molar-refractivity contribution in [1.29, 1.82) is 5.41 Å². The lowest BCUT2D eigenvalue weighted by Crippen LogP contribution is -2.24. The number of carbonyl (C=O) groups is 1. The summed E-state index contributed by atoms with van der Waals surface area (Å²) in [5, 5.41) is 15.0. The van der Waals surface area contributed by atoms with Gasteiger partial charge in [0.1, 0.15) is 11.5 Å². The molecule has 4 heterocycles. The Morgan fingerprint density at radius 1 is 1.07 bits per heavy atom. The fourth-order valence-corrected chi connectivity index (χ4v) is 4.41. The van der Waals surface area contributed by atoms with Crippen LogP contribution in [0, 0.1) is 17.0 Å². The number of H-pyrrole nitrogens is 1. The third-order valence-corrected chi connectivity index (χ3v) is 6.71. The molecule has 0 spiro atoms. The van der Waals surface area contributed by atoms with Crippen molar-refractivity contribution in [2.24, 2.45) is 0 Å². The number of nitrogens with one attached hydrogen (secondary N) is 4. The predicted molar refractivity (Wildman–Crippen MR) is 171 cm³/mol. The zero-order valence-corrected chi connectivity index (χ0v) is 24.8. The summed E-state index contributed by atoms with van der Waals surface area (Å²) in [4.78, 5) is 29.3. The Morgan fingerprint density at radius 3 is 2.61 bits per heavy atom. The van der Waals surface area contributed by atoms with Gasteiger partial charge in [0.15, 0.2) is 11.6 Å². The molecule has 8 nitrogen and oxygen atoms in total. The molecule has 12 heteroatoms. The second-order valence-corrected chi connectivity index (χ2v) is 10.1. The quantitative estimate of drug-likeness (QED) is 0.103. The summed E-state index contributed by atoms with van der Waals surface area (Å²) in [7, 11) is 2.62.